The SMILES string of the molecule is COc1cc2nccc(Oc3cc(C)c(NC(=O)Nc4ccc(F)cc4F)cc3C)c2cc1OC. The van der Waals surface area contributed by atoms with Gasteiger partial charge in [0.1, 0.15) is 23.1 Å². The number of urea groups is 1. The van der Waals surface area contributed by atoms with Gasteiger partial charge in [0, 0.05) is 29.4 Å². The molecule has 0 unspecified atom stereocenters. The van der Waals surface area contributed by atoms with E-state index in [4.69, 9.17) is 14.2 Å². The number of hydrogen-bond acceptors (Lipinski definition) is 5. The maximum Gasteiger partial charge on any atom is 0.323 e. The topological polar surface area (TPSA) is 81.7 Å². The fourth-order valence-corrected chi connectivity index (χ4v) is 3.56. The zero-order valence-corrected chi connectivity index (χ0v) is 19.5. The van der Waals surface area contributed by atoms with E-state index in [1.54, 1.807) is 57.7 Å². The molecule has 35 heavy (non-hydrogen) atoms. The van der Waals surface area contributed by atoms with Crippen LogP contribution in [0.5, 0.6) is 23.0 Å². The minimum Gasteiger partial charge on any atom is -0.493 e. The Balaban J connectivity index is 1.57. The molecule has 4 aromatic rings. The van der Waals surface area contributed by atoms with Crippen molar-refractivity contribution in [1.82, 2.24) is 4.98 Å². The van der Waals surface area contributed by atoms with Crippen LogP contribution in [0.25, 0.3) is 10.9 Å². The number of nitrogens with zero attached hydrogens (tertiary/aromatic N) is 1. The van der Waals surface area contributed by atoms with Crippen molar-refractivity contribution < 1.29 is 27.8 Å². The van der Waals surface area contributed by atoms with Crippen LogP contribution in [0.15, 0.2) is 54.7 Å². The second kappa shape index (κ2) is 9.84. The molecule has 0 saturated heterocycles. The number of ether oxygens (including phenoxy) is 3. The fraction of sp³-hybridized carbons (Fsp3) is 0.154. The Labute approximate surface area is 200 Å². The van der Waals surface area contributed by atoms with E-state index < -0.39 is 17.7 Å². The number of fused-ring (bicyclic) bond motifs is 1. The Hall–Kier alpha value is -4.40. The molecular weight excluding hydrogens is 456 g/mol. The largest absolute Gasteiger partial charge is 0.493 e. The summed E-state index contributed by atoms with van der Waals surface area (Å²) >= 11 is 0. The second-order valence-corrected chi connectivity index (χ2v) is 7.77. The summed E-state index contributed by atoms with van der Waals surface area (Å²) in [7, 11) is 3.11. The first-order valence-corrected chi connectivity index (χ1v) is 10.6. The number of nitrogens with one attached hydrogen (secondary N) is 2. The van der Waals surface area contributed by atoms with Crippen molar-refractivity contribution in [2.75, 3.05) is 24.9 Å². The number of amides is 2. The lowest BCUT2D eigenvalue weighted by Crippen LogP contribution is -2.20. The van der Waals surface area contributed by atoms with Gasteiger partial charge in [0.05, 0.1) is 25.4 Å². The summed E-state index contributed by atoms with van der Waals surface area (Å²) in [5.41, 5.74) is 2.54. The predicted molar refractivity (Wildman–Crippen MR) is 130 cm³/mol. The first kappa shape index (κ1) is 23.7. The molecule has 0 spiro atoms. The van der Waals surface area contributed by atoms with Gasteiger partial charge >= 0.3 is 6.03 Å². The molecule has 0 bridgehead atoms. The van der Waals surface area contributed by atoms with Gasteiger partial charge in [0.2, 0.25) is 0 Å². The number of benzene rings is 3. The lowest BCUT2D eigenvalue weighted by Gasteiger charge is -2.16. The number of methoxy groups -OCH3 is 2. The van der Waals surface area contributed by atoms with Crippen molar-refractivity contribution in [3.63, 3.8) is 0 Å². The van der Waals surface area contributed by atoms with E-state index in [9.17, 15) is 13.6 Å². The normalized spacial score (nSPS) is 10.7. The van der Waals surface area contributed by atoms with Crippen molar-refractivity contribution in [2.24, 2.45) is 0 Å². The smallest absolute Gasteiger partial charge is 0.323 e. The first-order valence-electron chi connectivity index (χ1n) is 10.6. The fourth-order valence-electron chi connectivity index (χ4n) is 3.56. The summed E-state index contributed by atoms with van der Waals surface area (Å²) in [5.74, 6) is 0.675. The van der Waals surface area contributed by atoms with Gasteiger partial charge in [-0.15, -0.1) is 0 Å². The number of hydrogen-bond donors (Lipinski definition) is 2. The molecule has 0 aliphatic rings. The lowest BCUT2D eigenvalue weighted by atomic mass is 10.1. The Morgan fingerprint density at radius 1 is 0.800 bits per heavy atom. The summed E-state index contributed by atoms with van der Waals surface area (Å²) in [6.07, 6.45) is 1.64. The molecule has 2 amide bonds. The third kappa shape index (κ3) is 5.08. The molecule has 0 fully saturated rings. The summed E-state index contributed by atoms with van der Waals surface area (Å²) in [6.45, 7) is 3.64. The van der Waals surface area contributed by atoms with Crippen LogP contribution in [0, 0.1) is 25.5 Å². The van der Waals surface area contributed by atoms with Crippen LogP contribution in [0.4, 0.5) is 25.0 Å². The van der Waals surface area contributed by atoms with Gasteiger partial charge in [-0.05, 0) is 61.4 Å². The summed E-state index contributed by atoms with van der Waals surface area (Å²) in [6, 6.07) is 11.1. The van der Waals surface area contributed by atoms with Crippen LogP contribution in [0.3, 0.4) is 0 Å². The number of aryl methyl sites for hydroxylation is 2. The number of rotatable bonds is 6. The molecular formula is C26H23F2N3O4. The van der Waals surface area contributed by atoms with Crippen molar-refractivity contribution >= 4 is 28.3 Å². The van der Waals surface area contributed by atoms with Crippen molar-refractivity contribution in [1.29, 1.82) is 0 Å². The van der Waals surface area contributed by atoms with E-state index in [0.717, 1.165) is 28.6 Å². The standard InChI is InChI=1S/C26H23F2N3O4/c1-14-10-23(35-22-7-8-29-21-13-25(34-4)24(33-3)12-17(21)22)15(2)9-20(14)31-26(32)30-19-6-5-16(27)11-18(19)28/h5-13H,1-4H3,(H2,30,31,32). The van der Waals surface area contributed by atoms with Crippen LogP contribution < -0.4 is 24.8 Å². The van der Waals surface area contributed by atoms with Crippen molar-refractivity contribution in [3.8, 4) is 23.0 Å². The molecule has 1 heterocycles. The van der Waals surface area contributed by atoms with Gasteiger partial charge < -0.3 is 24.8 Å². The highest BCUT2D eigenvalue weighted by atomic mass is 19.1. The molecule has 7 nitrogen and oxygen atoms in total. The molecule has 1 aromatic heterocycles. The Kier molecular flexibility index (Phi) is 6.68. The molecule has 4 rings (SSSR count). The molecule has 9 heteroatoms. The average molecular weight is 479 g/mol. The number of pyridine rings is 1. The van der Waals surface area contributed by atoms with E-state index in [2.05, 4.69) is 15.6 Å². The third-order valence-electron chi connectivity index (χ3n) is 5.38. The van der Waals surface area contributed by atoms with Gasteiger partial charge in [-0.2, -0.15) is 0 Å². The minimum absolute atomic E-state index is 0.130. The average Bonchev–Trinajstić information content (AvgIpc) is 2.83. The summed E-state index contributed by atoms with van der Waals surface area (Å²) in [5, 5.41) is 5.80. The van der Waals surface area contributed by atoms with Crippen LogP contribution in [0.2, 0.25) is 0 Å². The number of carbonyl (C=O) groups excluding carboxylic acids is 1. The Morgan fingerprint density at radius 3 is 2.23 bits per heavy atom. The maximum absolute atomic E-state index is 13.8. The number of halogens is 2. The lowest BCUT2D eigenvalue weighted by molar-refractivity contribution is 0.262. The second-order valence-electron chi connectivity index (χ2n) is 7.77. The van der Waals surface area contributed by atoms with Gasteiger partial charge in [-0.25, -0.2) is 13.6 Å². The molecule has 0 radical (unpaired) electrons. The van der Waals surface area contributed by atoms with E-state index in [0.29, 0.717) is 40.3 Å². The monoisotopic (exact) mass is 479 g/mol. The third-order valence-corrected chi connectivity index (χ3v) is 5.38. The van der Waals surface area contributed by atoms with Gasteiger partial charge in [-0.1, -0.05) is 0 Å². The highest BCUT2D eigenvalue weighted by Crippen LogP contribution is 2.38. The molecule has 0 aliphatic carbocycles. The van der Waals surface area contributed by atoms with Crippen LogP contribution in [-0.4, -0.2) is 25.2 Å². The van der Waals surface area contributed by atoms with Crippen LogP contribution >= 0.6 is 0 Å². The predicted octanol–water partition coefficient (Wildman–Crippen LogP) is 6.58. The summed E-state index contributed by atoms with van der Waals surface area (Å²) < 4.78 is 43.9. The minimum atomic E-state index is -0.865. The van der Waals surface area contributed by atoms with Gasteiger partial charge in [-0.3, -0.25) is 4.98 Å². The highest BCUT2D eigenvalue weighted by molar-refractivity contribution is 6.00. The highest BCUT2D eigenvalue weighted by Gasteiger charge is 2.15. The van der Waals surface area contributed by atoms with Crippen LogP contribution in [-0.2, 0) is 0 Å². The van der Waals surface area contributed by atoms with E-state index in [1.807, 2.05) is 6.92 Å². The molecule has 0 aliphatic heterocycles. The maximum atomic E-state index is 13.8. The van der Waals surface area contributed by atoms with E-state index in [-0.39, 0.29) is 5.69 Å². The molecule has 2 N–H and O–H groups in total. The van der Waals surface area contributed by atoms with Crippen LogP contribution in [0.1, 0.15) is 11.1 Å². The zero-order valence-electron chi connectivity index (χ0n) is 19.5. The Morgan fingerprint density at radius 2 is 1.51 bits per heavy atom. The van der Waals surface area contributed by atoms with E-state index >= 15 is 0 Å². The number of aromatic nitrogens is 1. The molecule has 180 valence electrons. The van der Waals surface area contributed by atoms with Crippen molar-refractivity contribution in [3.05, 3.63) is 77.5 Å². The number of anilines is 2. The Bertz CT molecular complexity index is 1430. The first-order chi connectivity index (χ1) is 16.8. The quantitative estimate of drug-likeness (QED) is 0.326. The number of carbonyl (C=O) groups is 1. The molecule has 0 atom stereocenters. The van der Waals surface area contributed by atoms with E-state index in [1.165, 1.54) is 0 Å². The summed E-state index contributed by atoms with van der Waals surface area (Å²) in [4.78, 5) is 16.8. The van der Waals surface area contributed by atoms with Crippen molar-refractivity contribution in [2.45, 2.75) is 13.8 Å². The van der Waals surface area contributed by atoms with Gasteiger partial charge in [0.25, 0.3) is 0 Å². The zero-order chi connectivity index (χ0) is 25.1. The van der Waals surface area contributed by atoms with Gasteiger partial charge in [0.15, 0.2) is 11.5 Å². The molecule has 0 saturated carbocycles. The molecule has 3 aromatic carbocycles.